The predicted molar refractivity (Wildman–Crippen MR) is 73.4 cm³/mol. The Balaban J connectivity index is 4.16. The summed E-state index contributed by atoms with van der Waals surface area (Å²) in [6.07, 6.45) is 1.34. The van der Waals surface area contributed by atoms with Gasteiger partial charge in [0.25, 0.3) is 0 Å². The average molecular weight is 277 g/mol. The van der Waals surface area contributed by atoms with Gasteiger partial charge in [0, 0.05) is 38.8 Å². The molecule has 1 N–H and O–H groups in total. The Morgan fingerprint density at radius 3 is 1.89 bits per heavy atom. The van der Waals surface area contributed by atoms with Gasteiger partial charge in [-0.3, -0.25) is 4.79 Å². The number of hydrogen-bond donors (Lipinski definition) is 1. The highest BCUT2D eigenvalue weighted by Gasteiger charge is 2.39. The fourth-order valence-corrected chi connectivity index (χ4v) is 4.27. The lowest BCUT2D eigenvalue weighted by Gasteiger charge is -2.28. The Bertz CT molecular complexity index is 209. The lowest BCUT2D eigenvalue weighted by molar-refractivity contribution is -0.120. The quantitative estimate of drug-likeness (QED) is 0.463. The van der Waals surface area contributed by atoms with Crippen LogP contribution < -0.4 is 5.32 Å². The van der Waals surface area contributed by atoms with Crippen molar-refractivity contribution in [1.29, 1.82) is 0 Å². The second-order valence-corrected chi connectivity index (χ2v) is 6.52. The van der Waals surface area contributed by atoms with Gasteiger partial charge in [-0.15, -0.1) is 0 Å². The van der Waals surface area contributed by atoms with Crippen LogP contribution in [-0.4, -0.2) is 41.1 Å². The topological polar surface area (TPSA) is 56.8 Å². The number of amides is 1. The zero-order valence-electron chi connectivity index (χ0n) is 12.1. The highest BCUT2D eigenvalue weighted by molar-refractivity contribution is 6.60. The van der Waals surface area contributed by atoms with E-state index in [1.54, 1.807) is 0 Å². The highest BCUT2D eigenvalue weighted by Crippen LogP contribution is 2.17. The summed E-state index contributed by atoms with van der Waals surface area (Å²) in [6.45, 7) is 10.1. The molecule has 108 valence electrons. The van der Waals surface area contributed by atoms with E-state index < -0.39 is 8.80 Å². The molecular weight excluding hydrogens is 250 g/mol. The maximum atomic E-state index is 11.1. The van der Waals surface area contributed by atoms with Crippen LogP contribution in [0.4, 0.5) is 0 Å². The SMILES string of the molecule is CCO[Si](CCCNC(=O)CC)(OCC)OCC. The molecule has 6 heteroatoms. The van der Waals surface area contributed by atoms with Gasteiger partial charge in [0.15, 0.2) is 0 Å². The van der Waals surface area contributed by atoms with Crippen LogP contribution in [0.3, 0.4) is 0 Å². The van der Waals surface area contributed by atoms with E-state index >= 15 is 0 Å². The number of nitrogens with one attached hydrogen (secondary N) is 1. The van der Waals surface area contributed by atoms with E-state index in [1.807, 2.05) is 27.7 Å². The fraction of sp³-hybridized carbons (Fsp3) is 0.917. The summed E-state index contributed by atoms with van der Waals surface area (Å²) < 4.78 is 17.2. The lowest BCUT2D eigenvalue weighted by Crippen LogP contribution is -2.46. The molecule has 5 nitrogen and oxygen atoms in total. The zero-order chi connectivity index (χ0) is 13.9. The summed E-state index contributed by atoms with van der Waals surface area (Å²) in [5, 5.41) is 2.85. The first-order valence-electron chi connectivity index (χ1n) is 6.82. The van der Waals surface area contributed by atoms with E-state index in [-0.39, 0.29) is 5.91 Å². The molecule has 0 aromatic heterocycles. The molecular formula is C12H27NO4Si. The highest BCUT2D eigenvalue weighted by atomic mass is 28.4. The maximum Gasteiger partial charge on any atom is 0.500 e. The Hall–Kier alpha value is -0.433. The minimum absolute atomic E-state index is 0.0755. The normalized spacial score (nSPS) is 11.6. The fourth-order valence-electron chi connectivity index (χ4n) is 1.66. The van der Waals surface area contributed by atoms with Gasteiger partial charge in [-0.1, -0.05) is 6.92 Å². The summed E-state index contributed by atoms with van der Waals surface area (Å²) in [7, 11) is -2.53. The van der Waals surface area contributed by atoms with Crippen LogP contribution in [0.5, 0.6) is 0 Å². The van der Waals surface area contributed by atoms with Crippen LogP contribution in [0, 0.1) is 0 Å². The largest absolute Gasteiger partial charge is 0.500 e. The van der Waals surface area contributed by atoms with Crippen LogP contribution in [0.1, 0.15) is 40.5 Å². The Labute approximate surface area is 112 Å². The molecule has 0 rings (SSSR count). The van der Waals surface area contributed by atoms with Crippen LogP contribution in [0.2, 0.25) is 6.04 Å². The Morgan fingerprint density at radius 1 is 1.00 bits per heavy atom. The van der Waals surface area contributed by atoms with Crippen LogP contribution in [-0.2, 0) is 18.1 Å². The van der Waals surface area contributed by atoms with Crippen molar-refractivity contribution < 1.29 is 18.1 Å². The molecule has 0 unspecified atom stereocenters. The van der Waals surface area contributed by atoms with Gasteiger partial charge in [0.1, 0.15) is 0 Å². The van der Waals surface area contributed by atoms with E-state index in [2.05, 4.69) is 5.32 Å². The third kappa shape index (κ3) is 7.10. The number of carbonyl (C=O) groups is 1. The third-order valence-corrected chi connectivity index (χ3v) is 5.55. The molecule has 0 atom stereocenters. The van der Waals surface area contributed by atoms with Gasteiger partial charge < -0.3 is 18.6 Å². The monoisotopic (exact) mass is 277 g/mol. The van der Waals surface area contributed by atoms with E-state index in [0.717, 1.165) is 12.5 Å². The lowest BCUT2D eigenvalue weighted by atomic mass is 10.4. The van der Waals surface area contributed by atoms with Gasteiger partial charge in [0.05, 0.1) is 0 Å². The molecule has 0 aliphatic rings. The molecule has 0 saturated heterocycles. The van der Waals surface area contributed by atoms with E-state index in [0.29, 0.717) is 32.8 Å². The molecule has 0 aromatic carbocycles. The molecule has 0 aromatic rings. The molecule has 0 saturated carbocycles. The predicted octanol–water partition coefficient (Wildman–Crippen LogP) is 1.95. The smallest absolute Gasteiger partial charge is 0.374 e. The Kier molecular flexibility index (Phi) is 10.2. The summed E-state index contributed by atoms with van der Waals surface area (Å²) in [4.78, 5) is 11.1. The molecule has 0 heterocycles. The number of rotatable bonds is 11. The van der Waals surface area contributed by atoms with Crippen molar-refractivity contribution >= 4 is 14.7 Å². The first-order valence-corrected chi connectivity index (χ1v) is 8.75. The average Bonchev–Trinajstić information content (AvgIpc) is 2.35. The molecule has 0 bridgehead atoms. The van der Waals surface area contributed by atoms with Crippen LogP contribution in [0.15, 0.2) is 0 Å². The van der Waals surface area contributed by atoms with Gasteiger partial charge in [-0.25, -0.2) is 0 Å². The van der Waals surface area contributed by atoms with Gasteiger partial charge in [-0.2, -0.15) is 0 Å². The molecule has 0 spiro atoms. The summed E-state index contributed by atoms with van der Waals surface area (Å²) in [6, 6.07) is 0.743. The van der Waals surface area contributed by atoms with Gasteiger partial charge >= 0.3 is 8.80 Å². The van der Waals surface area contributed by atoms with E-state index in [1.165, 1.54) is 0 Å². The maximum absolute atomic E-state index is 11.1. The molecule has 0 fully saturated rings. The van der Waals surface area contributed by atoms with Crippen molar-refractivity contribution in [3.8, 4) is 0 Å². The van der Waals surface area contributed by atoms with Crippen LogP contribution in [0.25, 0.3) is 0 Å². The van der Waals surface area contributed by atoms with Gasteiger partial charge in [0.2, 0.25) is 5.91 Å². The first kappa shape index (κ1) is 17.6. The van der Waals surface area contributed by atoms with Crippen molar-refractivity contribution in [1.82, 2.24) is 5.32 Å². The standard InChI is InChI=1S/C12H27NO4Si/c1-5-12(14)13-10-9-11-18(15-6-2,16-7-3)17-8-4/h5-11H2,1-4H3,(H,13,14). The number of carbonyl (C=O) groups excluding carboxylic acids is 1. The second-order valence-electron chi connectivity index (χ2n) is 3.79. The van der Waals surface area contributed by atoms with Crippen molar-refractivity contribution in [3.63, 3.8) is 0 Å². The van der Waals surface area contributed by atoms with E-state index in [9.17, 15) is 4.79 Å². The van der Waals surface area contributed by atoms with Crippen molar-refractivity contribution in [2.45, 2.75) is 46.6 Å². The molecule has 0 radical (unpaired) electrons. The van der Waals surface area contributed by atoms with Crippen molar-refractivity contribution in [2.75, 3.05) is 26.4 Å². The summed E-state index contributed by atoms with van der Waals surface area (Å²) in [5.74, 6) is 0.0755. The Morgan fingerprint density at radius 2 is 1.50 bits per heavy atom. The molecule has 18 heavy (non-hydrogen) atoms. The molecule has 1 amide bonds. The minimum atomic E-state index is -2.53. The van der Waals surface area contributed by atoms with Gasteiger partial charge in [-0.05, 0) is 27.2 Å². The molecule has 0 aliphatic carbocycles. The van der Waals surface area contributed by atoms with Crippen LogP contribution >= 0.6 is 0 Å². The third-order valence-electron chi connectivity index (χ3n) is 2.40. The summed E-state index contributed by atoms with van der Waals surface area (Å²) in [5.41, 5.74) is 0. The first-order chi connectivity index (χ1) is 8.64. The second kappa shape index (κ2) is 10.5. The number of hydrogen-bond acceptors (Lipinski definition) is 4. The molecule has 0 aliphatic heterocycles. The van der Waals surface area contributed by atoms with E-state index in [4.69, 9.17) is 13.3 Å². The summed E-state index contributed by atoms with van der Waals surface area (Å²) >= 11 is 0. The van der Waals surface area contributed by atoms with Crippen molar-refractivity contribution in [2.24, 2.45) is 0 Å². The minimum Gasteiger partial charge on any atom is -0.374 e. The van der Waals surface area contributed by atoms with Crippen molar-refractivity contribution in [3.05, 3.63) is 0 Å². The zero-order valence-corrected chi connectivity index (χ0v) is 13.1.